The largest absolute Gasteiger partial charge is 0.489 e. The van der Waals surface area contributed by atoms with E-state index in [1.165, 1.54) is 5.56 Å². The van der Waals surface area contributed by atoms with Gasteiger partial charge in [0.1, 0.15) is 0 Å². The van der Waals surface area contributed by atoms with Gasteiger partial charge in [-0.15, -0.1) is 0 Å². The maximum atomic E-state index is 9.36. The summed E-state index contributed by atoms with van der Waals surface area (Å²) in [5.74, 6) is 0.498. The van der Waals surface area contributed by atoms with Gasteiger partial charge in [-0.3, -0.25) is 0 Å². The summed E-state index contributed by atoms with van der Waals surface area (Å²) in [7, 11) is -1.44. The van der Waals surface area contributed by atoms with Gasteiger partial charge in [-0.25, -0.2) is 0 Å². The minimum atomic E-state index is -1.44. The van der Waals surface area contributed by atoms with Gasteiger partial charge in [0, 0.05) is 0 Å². The average molecular weight is 240 g/mol. The van der Waals surface area contributed by atoms with Crippen LogP contribution in [0.15, 0.2) is 48.5 Å². The van der Waals surface area contributed by atoms with E-state index in [0.717, 1.165) is 11.1 Å². The number of hydrogen-bond donors (Lipinski definition) is 2. The zero-order chi connectivity index (χ0) is 13.1. The van der Waals surface area contributed by atoms with Crippen molar-refractivity contribution in [3.05, 3.63) is 54.1 Å². The van der Waals surface area contributed by atoms with Crippen LogP contribution in [0.5, 0.6) is 0 Å². The van der Waals surface area contributed by atoms with E-state index in [9.17, 15) is 10.0 Å². The second kappa shape index (κ2) is 5.38. The van der Waals surface area contributed by atoms with E-state index >= 15 is 0 Å². The van der Waals surface area contributed by atoms with E-state index in [1.807, 2.05) is 24.3 Å². The van der Waals surface area contributed by atoms with E-state index in [-0.39, 0.29) is 0 Å². The Labute approximate surface area is 108 Å². The molecule has 2 nitrogen and oxygen atoms in total. The summed E-state index contributed by atoms with van der Waals surface area (Å²) in [6.45, 7) is 4.31. The predicted octanol–water partition coefficient (Wildman–Crippen LogP) is 2.16. The maximum absolute atomic E-state index is 9.36. The maximum Gasteiger partial charge on any atom is 0.489 e. The summed E-state index contributed by atoms with van der Waals surface area (Å²) >= 11 is 0. The Hall–Kier alpha value is -1.58. The van der Waals surface area contributed by atoms with Crippen LogP contribution >= 0.6 is 0 Å². The molecule has 2 rings (SSSR count). The molecule has 2 N–H and O–H groups in total. The van der Waals surface area contributed by atoms with Crippen molar-refractivity contribution < 1.29 is 10.0 Å². The summed E-state index contributed by atoms with van der Waals surface area (Å²) in [4.78, 5) is 0. The number of rotatable bonds is 3. The van der Waals surface area contributed by atoms with Gasteiger partial charge in [0.05, 0.1) is 0 Å². The van der Waals surface area contributed by atoms with Crippen molar-refractivity contribution in [2.24, 2.45) is 0 Å². The minimum absolute atomic E-state index is 0.498. The van der Waals surface area contributed by atoms with E-state index in [0.29, 0.717) is 11.4 Å². The zero-order valence-corrected chi connectivity index (χ0v) is 10.7. The topological polar surface area (TPSA) is 40.5 Å². The van der Waals surface area contributed by atoms with Gasteiger partial charge >= 0.3 is 7.12 Å². The molecule has 0 bridgehead atoms. The lowest BCUT2D eigenvalue weighted by molar-refractivity contribution is 0.426. The van der Waals surface area contributed by atoms with Crippen LogP contribution in [0.1, 0.15) is 25.3 Å². The third-order valence-electron chi connectivity index (χ3n) is 3.13. The summed E-state index contributed by atoms with van der Waals surface area (Å²) in [6.07, 6.45) is 0. The molecule has 0 unspecified atom stereocenters. The highest BCUT2D eigenvalue weighted by molar-refractivity contribution is 6.60. The lowest BCUT2D eigenvalue weighted by atomic mass is 9.75. The van der Waals surface area contributed by atoms with Gasteiger partial charge in [-0.2, -0.15) is 0 Å². The Morgan fingerprint density at radius 2 is 1.50 bits per heavy atom. The molecule has 0 saturated carbocycles. The molecule has 0 spiro atoms. The SMILES string of the molecule is CC(C)c1ccc(-c2ccccc2B(O)O)cc1. The van der Waals surface area contributed by atoms with E-state index < -0.39 is 7.12 Å². The number of benzene rings is 2. The monoisotopic (exact) mass is 240 g/mol. The Morgan fingerprint density at radius 3 is 2.06 bits per heavy atom. The van der Waals surface area contributed by atoms with E-state index in [2.05, 4.69) is 26.0 Å². The van der Waals surface area contributed by atoms with E-state index in [4.69, 9.17) is 0 Å². The molecule has 2 aromatic rings. The quantitative estimate of drug-likeness (QED) is 0.807. The van der Waals surface area contributed by atoms with Crippen LogP contribution in [0.3, 0.4) is 0 Å². The summed E-state index contributed by atoms with van der Waals surface area (Å²) in [5, 5.41) is 18.7. The summed E-state index contributed by atoms with van der Waals surface area (Å²) < 4.78 is 0. The van der Waals surface area contributed by atoms with Crippen molar-refractivity contribution in [3.63, 3.8) is 0 Å². The first-order chi connectivity index (χ1) is 8.59. The van der Waals surface area contributed by atoms with Crippen LogP contribution < -0.4 is 5.46 Å². The highest BCUT2D eigenvalue weighted by Gasteiger charge is 2.16. The van der Waals surface area contributed by atoms with Gasteiger partial charge < -0.3 is 10.0 Å². The van der Waals surface area contributed by atoms with Crippen molar-refractivity contribution in [2.45, 2.75) is 19.8 Å². The average Bonchev–Trinajstić information content (AvgIpc) is 2.39. The third-order valence-corrected chi connectivity index (χ3v) is 3.13. The van der Waals surface area contributed by atoms with Crippen LogP contribution in [0.25, 0.3) is 11.1 Å². The Balaban J connectivity index is 2.43. The summed E-state index contributed by atoms with van der Waals surface area (Å²) in [6, 6.07) is 15.6. The fraction of sp³-hybridized carbons (Fsp3) is 0.200. The molecule has 0 atom stereocenters. The van der Waals surface area contributed by atoms with E-state index in [1.54, 1.807) is 12.1 Å². The Kier molecular flexibility index (Phi) is 3.85. The van der Waals surface area contributed by atoms with Gasteiger partial charge in [-0.1, -0.05) is 62.4 Å². The standard InChI is InChI=1S/C15H17BO2/c1-11(2)12-7-9-13(10-8-12)14-5-3-4-6-15(14)16(17)18/h3-11,17-18H,1-2H3. The normalized spacial score (nSPS) is 10.7. The van der Waals surface area contributed by atoms with Crippen LogP contribution in [-0.4, -0.2) is 17.2 Å². The van der Waals surface area contributed by atoms with Crippen molar-refractivity contribution >= 4 is 12.6 Å². The van der Waals surface area contributed by atoms with Gasteiger partial charge in [0.2, 0.25) is 0 Å². The van der Waals surface area contributed by atoms with Crippen LogP contribution in [-0.2, 0) is 0 Å². The molecule has 0 amide bonds. The van der Waals surface area contributed by atoms with Crippen LogP contribution in [0, 0.1) is 0 Å². The Bertz CT molecular complexity index is 518. The molecule has 0 saturated heterocycles. The predicted molar refractivity (Wildman–Crippen MR) is 75.8 cm³/mol. The lowest BCUT2D eigenvalue weighted by Gasteiger charge is -2.10. The zero-order valence-electron chi connectivity index (χ0n) is 10.7. The first-order valence-corrected chi connectivity index (χ1v) is 6.15. The smallest absolute Gasteiger partial charge is 0.423 e. The van der Waals surface area contributed by atoms with Gasteiger partial charge in [0.25, 0.3) is 0 Å². The Morgan fingerprint density at radius 1 is 0.889 bits per heavy atom. The highest BCUT2D eigenvalue weighted by atomic mass is 16.4. The van der Waals surface area contributed by atoms with Crippen molar-refractivity contribution in [2.75, 3.05) is 0 Å². The molecule has 0 aliphatic heterocycles. The van der Waals surface area contributed by atoms with Crippen molar-refractivity contribution in [3.8, 4) is 11.1 Å². The lowest BCUT2D eigenvalue weighted by Crippen LogP contribution is -2.31. The summed E-state index contributed by atoms with van der Waals surface area (Å²) in [5.41, 5.74) is 3.68. The molecular weight excluding hydrogens is 223 g/mol. The van der Waals surface area contributed by atoms with Crippen molar-refractivity contribution in [1.29, 1.82) is 0 Å². The first-order valence-electron chi connectivity index (χ1n) is 6.15. The fourth-order valence-corrected chi connectivity index (χ4v) is 2.03. The molecule has 2 aromatic carbocycles. The van der Waals surface area contributed by atoms with Crippen LogP contribution in [0.2, 0.25) is 0 Å². The van der Waals surface area contributed by atoms with Gasteiger partial charge in [0.15, 0.2) is 0 Å². The molecule has 0 aliphatic rings. The minimum Gasteiger partial charge on any atom is -0.423 e. The molecule has 92 valence electrons. The molecule has 0 fully saturated rings. The third kappa shape index (κ3) is 2.63. The molecular formula is C15H17BO2. The molecule has 3 heteroatoms. The second-order valence-corrected chi connectivity index (χ2v) is 4.74. The first kappa shape index (κ1) is 12.9. The molecule has 0 radical (unpaired) electrons. The molecule has 0 aromatic heterocycles. The van der Waals surface area contributed by atoms with Gasteiger partial charge in [-0.05, 0) is 28.1 Å². The number of hydrogen-bond acceptors (Lipinski definition) is 2. The molecule has 0 aliphatic carbocycles. The van der Waals surface area contributed by atoms with Crippen molar-refractivity contribution in [1.82, 2.24) is 0 Å². The molecule has 0 heterocycles. The van der Waals surface area contributed by atoms with Crippen LogP contribution in [0.4, 0.5) is 0 Å². The highest BCUT2D eigenvalue weighted by Crippen LogP contribution is 2.21. The second-order valence-electron chi connectivity index (χ2n) is 4.74. The fourth-order valence-electron chi connectivity index (χ4n) is 2.03. The molecule has 18 heavy (non-hydrogen) atoms.